The van der Waals surface area contributed by atoms with E-state index in [1.165, 1.54) is 0 Å². The second-order valence-electron chi connectivity index (χ2n) is 7.38. The van der Waals surface area contributed by atoms with Crippen LogP contribution in [-0.4, -0.2) is 68.1 Å². The van der Waals surface area contributed by atoms with Gasteiger partial charge >= 0.3 is 5.97 Å². The maximum atomic E-state index is 11.7. The van der Waals surface area contributed by atoms with Gasteiger partial charge in [-0.25, -0.2) is 0 Å². The van der Waals surface area contributed by atoms with E-state index < -0.39 is 0 Å². The van der Waals surface area contributed by atoms with Crippen LogP contribution >= 0.6 is 0 Å². The van der Waals surface area contributed by atoms with Gasteiger partial charge in [0.05, 0.1) is 33.8 Å². The molecule has 0 aromatic heterocycles. The van der Waals surface area contributed by atoms with Crippen molar-refractivity contribution in [3.8, 4) is 0 Å². The number of halogens is 1. The van der Waals surface area contributed by atoms with Crippen molar-refractivity contribution in [2.45, 2.75) is 46.1 Å². The van der Waals surface area contributed by atoms with Gasteiger partial charge in [0.1, 0.15) is 0 Å². The lowest BCUT2D eigenvalue weighted by atomic mass is 9.77. The van der Waals surface area contributed by atoms with E-state index in [0.717, 1.165) is 30.4 Å². The Morgan fingerprint density at radius 2 is 1.91 bits per heavy atom. The van der Waals surface area contributed by atoms with Crippen molar-refractivity contribution in [3.05, 3.63) is 0 Å². The van der Waals surface area contributed by atoms with Crippen LogP contribution in [0.25, 0.3) is 0 Å². The number of carbonyl (C=O) groups excluding carboxylic acids is 2. The molecule has 1 rings (SSSR count). The molecule has 1 aliphatic heterocycles. The van der Waals surface area contributed by atoms with E-state index in [0.29, 0.717) is 30.9 Å². The molecule has 5 nitrogen and oxygen atoms in total. The molecule has 1 fully saturated rings. The number of hydrogen-bond acceptors (Lipinski definition) is 3. The van der Waals surface area contributed by atoms with Crippen molar-refractivity contribution in [1.82, 2.24) is 4.90 Å². The third-order valence-electron chi connectivity index (χ3n) is 5.12. The summed E-state index contributed by atoms with van der Waals surface area (Å²) in [5.41, 5.74) is 0. The standard InChI is InChI=1S/C17H33N2O3.HI/c1-7-22-17(21)9-8-15-10-11-18(14(3)20)12-16(15)13(2)19(4,5)6;/h13,15-16H,7-12H2,1-6H3;1H/q+1;/p-1/t13?,15-,16-;/m1./s1. The number of esters is 1. The number of likely N-dealkylation sites (tertiary alicyclic amines) is 1. The number of rotatable bonds is 6. The highest BCUT2D eigenvalue weighted by atomic mass is 127. The largest absolute Gasteiger partial charge is 1.00 e. The van der Waals surface area contributed by atoms with Crippen LogP contribution in [0.1, 0.15) is 40.0 Å². The third kappa shape index (κ3) is 6.95. The molecule has 1 amide bonds. The lowest BCUT2D eigenvalue weighted by Crippen LogP contribution is -3.00. The molecule has 0 aromatic carbocycles. The highest BCUT2D eigenvalue weighted by Gasteiger charge is 2.39. The fourth-order valence-electron chi connectivity index (χ4n) is 3.33. The summed E-state index contributed by atoms with van der Waals surface area (Å²) in [6.07, 6.45) is 2.33. The van der Waals surface area contributed by atoms with Crippen molar-refractivity contribution in [2.75, 3.05) is 40.8 Å². The average Bonchev–Trinajstić information content (AvgIpc) is 2.43. The van der Waals surface area contributed by atoms with Gasteiger partial charge in [-0.2, -0.15) is 0 Å². The van der Waals surface area contributed by atoms with Gasteiger partial charge in [-0.1, -0.05) is 0 Å². The highest BCUT2D eigenvalue weighted by Crippen LogP contribution is 2.33. The predicted octanol–water partition coefficient (Wildman–Crippen LogP) is -1.09. The SMILES string of the molecule is CCOC(=O)CC[C@@H]1CCN(C(C)=O)C[C@@H]1C(C)[N+](C)(C)C.[I-]. The number of carbonyl (C=O) groups is 2. The van der Waals surface area contributed by atoms with Crippen LogP contribution in [0.3, 0.4) is 0 Å². The average molecular weight is 440 g/mol. The van der Waals surface area contributed by atoms with Gasteiger partial charge in [-0.05, 0) is 32.6 Å². The van der Waals surface area contributed by atoms with Crippen LogP contribution in [0.4, 0.5) is 0 Å². The molecular weight excluding hydrogens is 407 g/mol. The maximum absolute atomic E-state index is 11.7. The minimum absolute atomic E-state index is 0. The lowest BCUT2D eigenvalue weighted by molar-refractivity contribution is -0.898. The summed E-state index contributed by atoms with van der Waals surface area (Å²) in [6.45, 7) is 7.80. The molecule has 136 valence electrons. The van der Waals surface area contributed by atoms with Gasteiger partial charge in [0.2, 0.25) is 5.91 Å². The number of hydrogen-bond donors (Lipinski definition) is 0. The first kappa shape index (κ1) is 22.6. The smallest absolute Gasteiger partial charge is 0.305 e. The van der Waals surface area contributed by atoms with Crippen molar-refractivity contribution >= 4 is 11.9 Å². The quantitative estimate of drug-likeness (QED) is 0.300. The monoisotopic (exact) mass is 440 g/mol. The first-order valence-electron chi connectivity index (χ1n) is 8.39. The summed E-state index contributed by atoms with van der Waals surface area (Å²) in [7, 11) is 6.58. The Labute approximate surface area is 158 Å². The normalized spacial score (nSPS) is 23.0. The zero-order valence-corrected chi connectivity index (χ0v) is 17.6. The second kappa shape index (κ2) is 9.81. The number of amides is 1. The van der Waals surface area contributed by atoms with Gasteiger partial charge in [0.25, 0.3) is 0 Å². The van der Waals surface area contributed by atoms with Gasteiger partial charge in [0, 0.05) is 32.4 Å². The molecule has 6 heteroatoms. The van der Waals surface area contributed by atoms with E-state index >= 15 is 0 Å². The summed E-state index contributed by atoms with van der Waals surface area (Å²) < 4.78 is 5.92. The molecule has 0 saturated carbocycles. The Morgan fingerprint density at radius 1 is 1.30 bits per heavy atom. The molecule has 0 N–H and O–H groups in total. The molecule has 0 aromatic rings. The topological polar surface area (TPSA) is 46.6 Å². The molecule has 0 spiro atoms. The third-order valence-corrected chi connectivity index (χ3v) is 5.12. The summed E-state index contributed by atoms with van der Waals surface area (Å²) in [5.74, 6) is 0.954. The van der Waals surface area contributed by atoms with Crippen LogP contribution in [0.2, 0.25) is 0 Å². The number of quaternary nitrogens is 1. The van der Waals surface area contributed by atoms with Gasteiger partial charge in [0.15, 0.2) is 0 Å². The molecule has 23 heavy (non-hydrogen) atoms. The van der Waals surface area contributed by atoms with Crippen molar-refractivity contribution in [2.24, 2.45) is 11.8 Å². The highest BCUT2D eigenvalue weighted by molar-refractivity contribution is 5.73. The van der Waals surface area contributed by atoms with E-state index in [9.17, 15) is 9.59 Å². The molecule has 0 aliphatic carbocycles. The zero-order valence-electron chi connectivity index (χ0n) is 15.5. The van der Waals surface area contributed by atoms with E-state index in [2.05, 4.69) is 28.1 Å². The number of piperidine rings is 1. The Kier molecular flexibility index (Phi) is 9.65. The number of nitrogens with zero attached hydrogens (tertiary/aromatic N) is 2. The molecule has 1 heterocycles. The van der Waals surface area contributed by atoms with Crippen LogP contribution in [0, 0.1) is 11.8 Å². The second-order valence-corrected chi connectivity index (χ2v) is 7.38. The minimum atomic E-state index is -0.104. The van der Waals surface area contributed by atoms with Crippen LogP contribution < -0.4 is 24.0 Å². The molecule has 3 atom stereocenters. The fraction of sp³-hybridized carbons (Fsp3) is 0.882. The molecule has 1 saturated heterocycles. The summed E-state index contributed by atoms with van der Waals surface area (Å²) in [6, 6.07) is 0.439. The van der Waals surface area contributed by atoms with E-state index in [-0.39, 0.29) is 35.9 Å². The lowest BCUT2D eigenvalue weighted by Gasteiger charge is -2.45. The Morgan fingerprint density at radius 3 is 2.39 bits per heavy atom. The van der Waals surface area contributed by atoms with Crippen LogP contribution in [-0.2, 0) is 14.3 Å². The van der Waals surface area contributed by atoms with Crippen molar-refractivity contribution < 1.29 is 42.8 Å². The zero-order chi connectivity index (χ0) is 16.9. The predicted molar refractivity (Wildman–Crippen MR) is 87.2 cm³/mol. The van der Waals surface area contributed by atoms with Gasteiger partial charge in [-0.3, -0.25) is 9.59 Å². The van der Waals surface area contributed by atoms with Crippen LogP contribution in [0.5, 0.6) is 0 Å². The first-order chi connectivity index (χ1) is 10.2. The van der Waals surface area contributed by atoms with E-state index in [1.54, 1.807) is 6.92 Å². The molecule has 0 radical (unpaired) electrons. The van der Waals surface area contributed by atoms with Gasteiger partial charge < -0.3 is 38.1 Å². The molecule has 0 bridgehead atoms. The van der Waals surface area contributed by atoms with E-state index in [4.69, 9.17) is 4.74 Å². The van der Waals surface area contributed by atoms with Crippen LogP contribution in [0.15, 0.2) is 0 Å². The van der Waals surface area contributed by atoms with E-state index in [1.807, 2.05) is 11.8 Å². The maximum Gasteiger partial charge on any atom is 0.305 e. The number of ether oxygens (including phenoxy) is 1. The van der Waals surface area contributed by atoms with Crippen molar-refractivity contribution in [1.29, 1.82) is 0 Å². The summed E-state index contributed by atoms with van der Waals surface area (Å²) in [4.78, 5) is 25.3. The molecule has 1 unspecified atom stereocenters. The minimum Gasteiger partial charge on any atom is -1.00 e. The fourth-order valence-corrected chi connectivity index (χ4v) is 3.33. The Hall–Kier alpha value is -0.370. The molecular formula is C17H33IN2O3. The first-order valence-corrected chi connectivity index (χ1v) is 8.39. The van der Waals surface area contributed by atoms with Gasteiger partial charge in [-0.15, -0.1) is 0 Å². The summed E-state index contributed by atoms with van der Waals surface area (Å²) in [5, 5.41) is 0. The molecule has 1 aliphatic rings. The summed E-state index contributed by atoms with van der Waals surface area (Å²) >= 11 is 0. The Bertz CT molecular complexity index is 396. The van der Waals surface area contributed by atoms with Crippen molar-refractivity contribution in [3.63, 3.8) is 0 Å². The Balaban J connectivity index is 0.00000484.